The summed E-state index contributed by atoms with van der Waals surface area (Å²) >= 11 is 0. The van der Waals surface area contributed by atoms with Gasteiger partial charge in [-0.05, 0) is 50.8 Å². The van der Waals surface area contributed by atoms with Gasteiger partial charge >= 0.3 is 0 Å². The van der Waals surface area contributed by atoms with Gasteiger partial charge in [-0.2, -0.15) is 4.57 Å². The largest absolute Gasteiger partial charge is 0.216 e. The zero-order chi connectivity index (χ0) is 18.7. The molecule has 1 aromatic heterocycles. The van der Waals surface area contributed by atoms with Crippen molar-refractivity contribution in [3.8, 4) is 11.3 Å². The molecule has 26 heavy (non-hydrogen) atoms. The lowest BCUT2D eigenvalue weighted by Gasteiger charge is -2.25. The maximum absolute atomic E-state index is 2.64. The second-order valence-corrected chi connectivity index (χ2v) is 8.24. The van der Waals surface area contributed by atoms with E-state index >= 15 is 0 Å². The number of benzene rings is 1. The summed E-state index contributed by atoms with van der Waals surface area (Å²) in [6.07, 6.45) is 12.5. The number of pyridine rings is 1. The van der Waals surface area contributed by atoms with Crippen molar-refractivity contribution in [3.05, 3.63) is 52.7 Å². The average Bonchev–Trinajstić information content (AvgIpc) is 2.90. The quantitative estimate of drug-likeness (QED) is 0.371. The van der Waals surface area contributed by atoms with Gasteiger partial charge in [0.1, 0.15) is 0 Å². The summed E-state index contributed by atoms with van der Waals surface area (Å²) in [7, 11) is 0. The zero-order valence-electron chi connectivity index (χ0n) is 17.5. The number of fused-ring (bicyclic) bond motifs is 3. The van der Waals surface area contributed by atoms with E-state index < -0.39 is 0 Å². The standard InChI is InChI=1S/C25H36N/c1-6-9-11-15-25(8-3)23-14-13-21(12-10-7-2)17-22(23)24-20(5)16-19(4)18-26(24)25/h13-14,16-18H,6-12,15H2,1-5H3/q+1. The maximum atomic E-state index is 2.64. The fraction of sp³-hybridized carbons (Fsp3) is 0.560. The number of rotatable bonds is 8. The number of unbranched alkanes of at least 4 members (excludes halogenated alkanes) is 3. The Morgan fingerprint density at radius 1 is 0.923 bits per heavy atom. The Morgan fingerprint density at radius 3 is 2.38 bits per heavy atom. The van der Waals surface area contributed by atoms with Crippen LogP contribution in [0.15, 0.2) is 30.5 Å². The lowest BCUT2D eigenvalue weighted by Crippen LogP contribution is -2.54. The molecule has 0 radical (unpaired) electrons. The Kier molecular flexibility index (Phi) is 5.85. The van der Waals surface area contributed by atoms with Crippen molar-refractivity contribution in [2.45, 2.75) is 91.5 Å². The first kappa shape index (κ1) is 19.1. The summed E-state index contributed by atoms with van der Waals surface area (Å²) in [4.78, 5) is 0. The second kappa shape index (κ2) is 7.94. The molecule has 0 fully saturated rings. The lowest BCUT2D eigenvalue weighted by atomic mass is 9.81. The summed E-state index contributed by atoms with van der Waals surface area (Å²) in [5.74, 6) is 0. The molecule has 2 aromatic rings. The van der Waals surface area contributed by atoms with Crippen LogP contribution >= 0.6 is 0 Å². The van der Waals surface area contributed by atoms with Crippen LogP contribution in [0.3, 0.4) is 0 Å². The maximum Gasteiger partial charge on any atom is 0.216 e. The van der Waals surface area contributed by atoms with E-state index in [0.29, 0.717) is 0 Å². The van der Waals surface area contributed by atoms with Crippen molar-refractivity contribution in [2.24, 2.45) is 0 Å². The predicted molar refractivity (Wildman–Crippen MR) is 112 cm³/mol. The zero-order valence-corrected chi connectivity index (χ0v) is 17.5. The molecule has 0 amide bonds. The van der Waals surface area contributed by atoms with Gasteiger partial charge in [0.05, 0.1) is 5.56 Å². The van der Waals surface area contributed by atoms with E-state index in [9.17, 15) is 0 Å². The number of aromatic nitrogens is 1. The molecule has 3 rings (SSSR count). The Morgan fingerprint density at radius 2 is 1.69 bits per heavy atom. The fourth-order valence-corrected chi connectivity index (χ4v) is 4.90. The molecule has 0 saturated carbocycles. The Labute approximate surface area is 160 Å². The molecule has 1 atom stereocenters. The minimum absolute atomic E-state index is 0.139. The van der Waals surface area contributed by atoms with Gasteiger partial charge in [-0.3, -0.25) is 0 Å². The van der Waals surface area contributed by atoms with E-state index in [2.05, 4.69) is 69.6 Å². The van der Waals surface area contributed by atoms with E-state index in [0.717, 1.165) is 0 Å². The first-order chi connectivity index (χ1) is 12.6. The summed E-state index contributed by atoms with van der Waals surface area (Å²) in [5, 5.41) is 0. The highest BCUT2D eigenvalue weighted by atomic mass is 15.1. The van der Waals surface area contributed by atoms with Gasteiger partial charge in [-0.1, -0.05) is 52.2 Å². The van der Waals surface area contributed by atoms with E-state index in [1.807, 2.05) is 0 Å². The molecular formula is C25H36N+. The summed E-state index contributed by atoms with van der Waals surface area (Å²) in [6, 6.07) is 9.70. The Balaban J connectivity index is 2.16. The van der Waals surface area contributed by atoms with Crippen LogP contribution in [0.4, 0.5) is 0 Å². The van der Waals surface area contributed by atoms with Crippen LogP contribution in [0.1, 0.15) is 88.0 Å². The number of hydrogen-bond acceptors (Lipinski definition) is 0. The molecule has 1 aliphatic rings. The van der Waals surface area contributed by atoms with Crippen molar-refractivity contribution in [3.63, 3.8) is 0 Å². The molecule has 1 aliphatic heterocycles. The third-order valence-corrected chi connectivity index (χ3v) is 6.29. The normalized spacial score (nSPS) is 18.0. The topological polar surface area (TPSA) is 3.88 Å². The van der Waals surface area contributed by atoms with Gasteiger partial charge in [0.2, 0.25) is 5.69 Å². The number of aryl methyl sites for hydroxylation is 3. The fourth-order valence-electron chi connectivity index (χ4n) is 4.90. The molecule has 140 valence electrons. The third-order valence-electron chi connectivity index (χ3n) is 6.29. The van der Waals surface area contributed by atoms with Crippen molar-refractivity contribution in [2.75, 3.05) is 0 Å². The van der Waals surface area contributed by atoms with Crippen molar-refractivity contribution >= 4 is 0 Å². The Hall–Kier alpha value is -1.63. The average molecular weight is 351 g/mol. The van der Waals surface area contributed by atoms with Crippen molar-refractivity contribution in [1.29, 1.82) is 0 Å². The van der Waals surface area contributed by atoms with Gasteiger partial charge in [0.15, 0.2) is 11.7 Å². The van der Waals surface area contributed by atoms with Crippen LogP contribution < -0.4 is 4.57 Å². The van der Waals surface area contributed by atoms with Crippen LogP contribution in [-0.2, 0) is 12.0 Å². The van der Waals surface area contributed by atoms with E-state index in [-0.39, 0.29) is 5.54 Å². The minimum Gasteiger partial charge on any atom is -0.188 e. The number of nitrogens with zero attached hydrogens (tertiary/aromatic N) is 1. The van der Waals surface area contributed by atoms with Gasteiger partial charge < -0.3 is 0 Å². The predicted octanol–water partition coefficient (Wildman–Crippen LogP) is 6.65. The van der Waals surface area contributed by atoms with Gasteiger partial charge in [-0.15, -0.1) is 0 Å². The number of hydrogen-bond donors (Lipinski definition) is 0. The highest BCUT2D eigenvalue weighted by molar-refractivity contribution is 5.69. The van der Waals surface area contributed by atoms with Crippen LogP contribution in [0.25, 0.3) is 11.3 Å². The molecule has 1 heteroatoms. The minimum atomic E-state index is 0.139. The van der Waals surface area contributed by atoms with Gasteiger partial charge in [0, 0.05) is 29.5 Å². The van der Waals surface area contributed by atoms with Crippen LogP contribution in [0.2, 0.25) is 0 Å². The van der Waals surface area contributed by atoms with Crippen LogP contribution in [0, 0.1) is 13.8 Å². The molecule has 2 heterocycles. The van der Waals surface area contributed by atoms with Gasteiger partial charge in [0.25, 0.3) is 0 Å². The first-order valence-corrected chi connectivity index (χ1v) is 10.7. The molecule has 0 N–H and O–H groups in total. The molecule has 0 spiro atoms. The van der Waals surface area contributed by atoms with E-state index in [1.165, 1.54) is 79.3 Å². The molecule has 0 bridgehead atoms. The van der Waals surface area contributed by atoms with E-state index in [1.54, 1.807) is 5.56 Å². The molecule has 1 nitrogen and oxygen atoms in total. The van der Waals surface area contributed by atoms with E-state index in [4.69, 9.17) is 0 Å². The van der Waals surface area contributed by atoms with Crippen molar-refractivity contribution < 1.29 is 4.57 Å². The lowest BCUT2D eigenvalue weighted by molar-refractivity contribution is -0.741. The highest BCUT2D eigenvalue weighted by Crippen LogP contribution is 2.44. The van der Waals surface area contributed by atoms with Crippen LogP contribution in [-0.4, -0.2) is 0 Å². The second-order valence-electron chi connectivity index (χ2n) is 8.24. The summed E-state index contributed by atoms with van der Waals surface area (Å²) in [5.41, 5.74) is 8.95. The molecule has 1 unspecified atom stereocenters. The first-order valence-electron chi connectivity index (χ1n) is 10.7. The highest BCUT2D eigenvalue weighted by Gasteiger charge is 2.49. The summed E-state index contributed by atoms with van der Waals surface area (Å²) in [6.45, 7) is 11.5. The molecule has 0 saturated heterocycles. The third kappa shape index (κ3) is 3.21. The molecule has 0 aliphatic carbocycles. The monoisotopic (exact) mass is 350 g/mol. The van der Waals surface area contributed by atoms with Crippen LogP contribution in [0.5, 0.6) is 0 Å². The van der Waals surface area contributed by atoms with Crippen molar-refractivity contribution in [1.82, 2.24) is 0 Å². The molecule has 1 aromatic carbocycles. The van der Waals surface area contributed by atoms with Gasteiger partial charge in [-0.25, -0.2) is 0 Å². The Bertz CT molecular complexity index is 774. The smallest absolute Gasteiger partial charge is 0.188 e. The SMILES string of the molecule is CCCCCC1(CC)c2ccc(CCCC)cc2-c2c(C)cc(C)c[n+]21. The summed E-state index contributed by atoms with van der Waals surface area (Å²) < 4.78 is 2.64. The molecular weight excluding hydrogens is 314 g/mol.